The predicted octanol–water partition coefficient (Wildman–Crippen LogP) is 1.80. The molecule has 7 heteroatoms. The van der Waals surface area contributed by atoms with Crippen molar-refractivity contribution in [2.75, 3.05) is 20.3 Å². The van der Waals surface area contributed by atoms with Gasteiger partial charge in [0.05, 0.1) is 11.5 Å². The van der Waals surface area contributed by atoms with Crippen LogP contribution < -0.4 is 4.72 Å². The van der Waals surface area contributed by atoms with Crippen LogP contribution in [0.3, 0.4) is 0 Å². The lowest BCUT2D eigenvalue weighted by Crippen LogP contribution is -2.28. The fourth-order valence-corrected chi connectivity index (χ4v) is 2.89. The normalized spacial score (nSPS) is 11.8. The minimum Gasteiger partial charge on any atom is -0.383 e. The monoisotopic (exact) mass is 295 g/mol. The van der Waals surface area contributed by atoms with Crippen molar-refractivity contribution in [2.45, 2.75) is 17.7 Å². The molecule has 0 aromatic heterocycles. The maximum Gasteiger partial charge on any atom is 0.241 e. The Bertz CT molecular complexity index is 519. The van der Waals surface area contributed by atoms with E-state index in [0.717, 1.165) is 0 Å². The van der Waals surface area contributed by atoms with E-state index in [4.69, 9.17) is 16.3 Å². The van der Waals surface area contributed by atoms with Crippen molar-refractivity contribution >= 4 is 21.6 Å². The van der Waals surface area contributed by atoms with Gasteiger partial charge in [-0.3, -0.25) is 0 Å². The van der Waals surface area contributed by atoms with Crippen molar-refractivity contribution < 1.29 is 17.5 Å². The van der Waals surface area contributed by atoms with Crippen LogP contribution in [0.5, 0.6) is 0 Å². The molecule has 0 saturated carbocycles. The first-order chi connectivity index (χ1) is 8.42. The SMILES string of the molecule is COCCNS(=O)(=O)c1cc(CCl)cc(F)c1C. The van der Waals surface area contributed by atoms with Gasteiger partial charge >= 0.3 is 0 Å². The van der Waals surface area contributed by atoms with Crippen molar-refractivity contribution in [3.63, 3.8) is 0 Å². The summed E-state index contributed by atoms with van der Waals surface area (Å²) in [5, 5.41) is 0. The molecule has 0 amide bonds. The third-order valence-corrected chi connectivity index (χ3v) is 4.29. The van der Waals surface area contributed by atoms with Gasteiger partial charge < -0.3 is 4.74 Å². The molecule has 4 nitrogen and oxygen atoms in total. The zero-order valence-electron chi connectivity index (χ0n) is 10.2. The second-order valence-corrected chi connectivity index (χ2v) is 5.73. The minimum atomic E-state index is -3.75. The number of hydrogen-bond acceptors (Lipinski definition) is 3. The summed E-state index contributed by atoms with van der Waals surface area (Å²) >= 11 is 5.60. The number of alkyl halides is 1. The van der Waals surface area contributed by atoms with E-state index in [2.05, 4.69) is 4.72 Å². The van der Waals surface area contributed by atoms with E-state index in [1.807, 2.05) is 0 Å². The number of rotatable bonds is 6. The highest BCUT2D eigenvalue weighted by molar-refractivity contribution is 7.89. The molecule has 0 spiro atoms. The lowest BCUT2D eigenvalue weighted by atomic mass is 10.1. The Balaban J connectivity index is 3.11. The standard InChI is InChI=1S/C11H15ClFNO3S/c1-8-10(13)5-9(7-12)6-11(8)18(15,16)14-3-4-17-2/h5-6,14H,3-4,7H2,1-2H3. The zero-order chi connectivity index (χ0) is 13.8. The summed E-state index contributed by atoms with van der Waals surface area (Å²) < 4.78 is 44.6. The van der Waals surface area contributed by atoms with Crippen molar-refractivity contribution in [2.24, 2.45) is 0 Å². The quantitative estimate of drug-likeness (QED) is 0.643. The Morgan fingerprint density at radius 3 is 2.67 bits per heavy atom. The number of benzene rings is 1. The van der Waals surface area contributed by atoms with Gasteiger partial charge in [0.25, 0.3) is 0 Å². The number of halogens is 2. The van der Waals surface area contributed by atoms with Crippen LogP contribution in [0.4, 0.5) is 4.39 Å². The summed E-state index contributed by atoms with van der Waals surface area (Å²) in [6.45, 7) is 1.79. The summed E-state index contributed by atoms with van der Waals surface area (Å²) in [4.78, 5) is -0.0887. The molecule has 1 aromatic carbocycles. The molecule has 1 aromatic rings. The molecule has 18 heavy (non-hydrogen) atoms. The summed E-state index contributed by atoms with van der Waals surface area (Å²) in [6.07, 6.45) is 0. The van der Waals surface area contributed by atoms with Gasteiger partial charge in [-0.15, -0.1) is 11.6 Å². The number of sulfonamides is 1. The van der Waals surface area contributed by atoms with Crippen molar-refractivity contribution in [3.05, 3.63) is 29.1 Å². The third-order valence-electron chi connectivity index (χ3n) is 2.40. The highest BCUT2D eigenvalue weighted by Crippen LogP contribution is 2.21. The molecule has 0 saturated heterocycles. The topological polar surface area (TPSA) is 55.4 Å². The van der Waals surface area contributed by atoms with Crippen molar-refractivity contribution in [3.8, 4) is 0 Å². The summed E-state index contributed by atoms with van der Waals surface area (Å²) in [6, 6.07) is 2.61. The molecule has 0 bridgehead atoms. The first-order valence-corrected chi connectivity index (χ1v) is 7.27. The molecule has 0 aliphatic heterocycles. The Kier molecular flexibility index (Phi) is 5.52. The number of methoxy groups -OCH3 is 1. The van der Waals surface area contributed by atoms with Crippen LogP contribution >= 0.6 is 11.6 Å². The fourth-order valence-electron chi connectivity index (χ4n) is 1.42. The maximum atomic E-state index is 13.6. The number of nitrogens with one attached hydrogen (secondary N) is 1. The molecule has 0 radical (unpaired) electrons. The molecule has 0 atom stereocenters. The van der Waals surface area contributed by atoms with E-state index >= 15 is 0 Å². The molecule has 0 unspecified atom stereocenters. The first kappa shape index (κ1) is 15.4. The van der Waals surface area contributed by atoms with E-state index in [1.165, 1.54) is 26.2 Å². The molecule has 0 heterocycles. The van der Waals surface area contributed by atoms with Gasteiger partial charge in [-0.25, -0.2) is 17.5 Å². The lowest BCUT2D eigenvalue weighted by Gasteiger charge is -2.11. The molecule has 1 rings (SSSR count). The number of hydrogen-bond donors (Lipinski definition) is 1. The van der Waals surface area contributed by atoms with Crippen LogP contribution in [0, 0.1) is 12.7 Å². The average molecular weight is 296 g/mol. The van der Waals surface area contributed by atoms with Gasteiger partial charge in [0.2, 0.25) is 10.0 Å². The lowest BCUT2D eigenvalue weighted by molar-refractivity contribution is 0.204. The molecule has 1 N–H and O–H groups in total. The van der Waals surface area contributed by atoms with Gasteiger partial charge in [-0.05, 0) is 24.6 Å². The largest absolute Gasteiger partial charge is 0.383 e. The Hall–Kier alpha value is -0.690. The second kappa shape index (κ2) is 6.47. The van der Waals surface area contributed by atoms with Crippen molar-refractivity contribution in [1.29, 1.82) is 0 Å². The summed E-state index contributed by atoms with van der Waals surface area (Å²) in [5.74, 6) is -0.530. The van der Waals surface area contributed by atoms with E-state index < -0.39 is 15.8 Å². The Labute approximate surface area is 111 Å². The number of ether oxygens (including phenoxy) is 1. The van der Waals surface area contributed by atoms with Crippen LogP contribution in [-0.4, -0.2) is 28.7 Å². The van der Waals surface area contributed by atoms with E-state index in [0.29, 0.717) is 5.56 Å². The molecule has 102 valence electrons. The Morgan fingerprint density at radius 1 is 1.44 bits per heavy atom. The van der Waals surface area contributed by atoms with Crippen LogP contribution in [0.15, 0.2) is 17.0 Å². The van der Waals surface area contributed by atoms with Crippen LogP contribution in [0.2, 0.25) is 0 Å². The Morgan fingerprint density at radius 2 is 2.11 bits per heavy atom. The van der Waals surface area contributed by atoms with Gasteiger partial charge in [0.1, 0.15) is 5.82 Å². The molecular formula is C11H15ClFNO3S. The molecule has 0 aliphatic rings. The predicted molar refractivity (Wildman–Crippen MR) is 67.8 cm³/mol. The molecular weight excluding hydrogens is 281 g/mol. The van der Waals surface area contributed by atoms with Crippen LogP contribution in [-0.2, 0) is 20.6 Å². The smallest absolute Gasteiger partial charge is 0.241 e. The third kappa shape index (κ3) is 3.65. The van der Waals surface area contributed by atoms with Gasteiger partial charge in [-0.1, -0.05) is 0 Å². The second-order valence-electron chi connectivity index (χ2n) is 3.72. The van der Waals surface area contributed by atoms with Gasteiger partial charge in [0, 0.05) is 25.1 Å². The van der Waals surface area contributed by atoms with E-state index in [9.17, 15) is 12.8 Å². The van der Waals surface area contributed by atoms with Gasteiger partial charge in [-0.2, -0.15) is 0 Å². The molecule has 0 fully saturated rings. The zero-order valence-corrected chi connectivity index (χ0v) is 11.7. The van der Waals surface area contributed by atoms with E-state index in [-0.39, 0.29) is 29.5 Å². The average Bonchev–Trinajstić information content (AvgIpc) is 2.32. The highest BCUT2D eigenvalue weighted by atomic mass is 35.5. The highest BCUT2D eigenvalue weighted by Gasteiger charge is 2.19. The summed E-state index contributed by atoms with van der Waals surface area (Å²) in [5.41, 5.74) is 0.501. The van der Waals surface area contributed by atoms with Gasteiger partial charge in [0.15, 0.2) is 0 Å². The fraction of sp³-hybridized carbons (Fsp3) is 0.455. The van der Waals surface area contributed by atoms with Crippen LogP contribution in [0.1, 0.15) is 11.1 Å². The minimum absolute atomic E-state index is 0.0534. The summed E-state index contributed by atoms with van der Waals surface area (Å²) in [7, 11) is -2.28. The molecule has 0 aliphatic carbocycles. The first-order valence-electron chi connectivity index (χ1n) is 5.26. The van der Waals surface area contributed by atoms with Crippen LogP contribution in [0.25, 0.3) is 0 Å². The van der Waals surface area contributed by atoms with E-state index in [1.54, 1.807) is 0 Å². The maximum absolute atomic E-state index is 13.6. The van der Waals surface area contributed by atoms with Crippen molar-refractivity contribution in [1.82, 2.24) is 4.72 Å².